The second kappa shape index (κ2) is 8.90. The molecule has 1 aliphatic carbocycles. The molecule has 0 radical (unpaired) electrons. The van der Waals surface area contributed by atoms with Crippen LogP contribution in [0.2, 0.25) is 0 Å². The van der Waals surface area contributed by atoms with E-state index in [1.807, 2.05) is 6.92 Å². The average molecular weight is 355 g/mol. The van der Waals surface area contributed by atoms with E-state index in [9.17, 15) is 0 Å². The summed E-state index contributed by atoms with van der Waals surface area (Å²) in [5.74, 6) is 3.06. The molecule has 0 N–H and O–H groups in total. The quantitative estimate of drug-likeness (QED) is 0.502. The minimum absolute atomic E-state index is 0.216. The van der Waals surface area contributed by atoms with Gasteiger partial charge in [0.25, 0.3) is 0 Å². The van der Waals surface area contributed by atoms with Gasteiger partial charge in [-0.1, -0.05) is 63.9 Å². The number of hydrogen-bond acceptors (Lipinski definition) is 2. The molecule has 0 bridgehead atoms. The first-order valence-corrected chi connectivity index (χ1v) is 10.4. The van der Waals surface area contributed by atoms with Crippen LogP contribution in [-0.2, 0) is 4.74 Å². The predicted molar refractivity (Wildman–Crippen MR) is 110 cm³/mol. The van der Waals surface area contributed by atoms with E-state index in [1.54, 1.807) is 0 Å². The van der Waals surface area contributed by atoms with E-state index in [0.29, 0.717) is 11.8 Å². The molecule has 0 amide bonds. The Balaban J connectivity index is 1.66. The Bertz CT molecular complexity index is 700. The zero-order valence-electron chi connectivity index (χ0n) is 16.8. The monoisotopic (exact) mass is 354 g/mol. The van der Waals surface area contributed by atoms with Crippen LogP contribution in [-0.4, -0.2) is 12.9 Å². The molecule has 142 valence electrons. The molecule has 2 aromatic carbocycles. The largest absolute Gasteiger partial charge is 0.465 e. The Morgan fingerprint density at radius 3 is 2.38 bits per heavy atom. The van der Waals surface area contributed by atoms with E-state index in [1.165, 1.54) is 42.0 Å². The lowest BCUT2D eigenvalue weighted by Gasteiger charge is -2.27. The standard InChI is InChI=1S/C24H34O2/c1-5-18(3)21-8-6-10-23-22(21)9-7-11-24(23)26-19(4)25-16-20-14-12-17(2)13-15-20/h6-11,17-20H,5,12-16H2,1-4H3. The van der Waals surface area contributed by atoms with Gasteiger partial charge in [-0.15, -0.1) is 0 Å². The van der Waals surface area contributed by atoms with Gasteiger partial charge in [0.2, 0.25) is 0 Å². The number of fused-ring (bicyclic) bond motifs is 1. The van der Waals surface area contributed by atoms with Gasteiger partial charge in [-0.25, -0.2) is 0 Å². The fourth-order valence-electron chi connectivity index (χ4n) is 4.04. The summed E-state index contributed by atoms with van der Waals surface area (Å²) in [5.41, 5.74) is 1.40. The van der Waals surface area contributed by atoms with Crippen LogP contribution >= 0.6 is 0 Å². The second-order valence-electron chi connectivity index (χ2n) is 8.15. The SMILES string of the molecule is CCC(C)c1cccc2c(OC(C)OCC3CCC(C)CC3)cccc12. The van der Waals surface area contributed by atoms with Crippen LogP contribution in [0, 0.1) is 11.8 Å². The molecule has 2 heteroatoms. The van der Waals surface area contributed by atoms with Gasteiger partial charge in [-0.05, 0) is 61.0 Å². The van der Waals surface area contributed by atoms with E-state index >= 15 is 0 Å². The topological polar surface area (TPSA) is 18.5 Å². The van der Waals surface area contributed by atoms with E-state index in [-0.39, 0.29) is 6.29 Å². The van der Waals surface area contributed by atoms with Gasteiger partial charge >= 0.3 is 0 Å². The summed E-state index contributed by atoms with van der Waals surface area (Å²) in [6.07, 6.45) is 6.19. The molecule has 2 unspecified atom stereocenters. The Morgan fingerprint density at radius 2 is 1.65 bits per heavy atom. The molecule has 2 atom stereocenters. The summed E-state index contributed by atoms with van der Waals surface area (Å²) in [5, 5.41) is 2.49. The summed E-state index contributed by atoms with van der Waals surface area (Å²) >= 11 is 0. The number of benzene rings is 2. The molecule has 0 heterocycles. The van der Waals surface area contributed by atoms with Crippen molar-refractivity contribution in [3.05, 3.63) is 42.0 Å². The van der Waals surface area contributed by atoms with Crippen molar-refractivity contribution in [3.8, 4) is 5.75 Å². The molecule has 0 saturated heterocycles. The van der Waals surface area contributed by atoms with Gasteiger partial charge in [-0.2, -0.15) is 0 Å². The lowest BCUT2D eigenvalue weighted by Crippen LogP contribution is -2.23. The molecular weight excluding hydrogens is 320 g/mol. The van der Waals surface area contributed by atoms with Crippen LogP contribution in [0.5, 0.6) is 5.75 Å². The molecule has 1 aliphatic rings. The highest BCUT2D eigenvalue weighted by Gasteiger charge is 2.19. The van der Waals surface area contributed by atoms with Crippen molar-refractivity contribution in [1.29, 1.82) is 0 Å². The molecule has 3 rings (SSSR count). The Hall–Kier alpha value is -1.54. The summed E-state index contributed by atoms with van der Waals surface area (Å²) in [4.78, 5) is 0. The third-order valence-corrected chi connectivity index (χ3v) is 6.05. The van der Waals surface area contributed by atoms with Crippen molar-refractivity contribution in [2.24, 2.45) is 11.8 Å². The first kappa shape index (κ1) is 19.2. The summed E-state index contributed by atoms with van der Waals surface area (Å²) in [7, 11) is 0. The Kier molecular flexibility index (Phi) is 6.58. The van der Waals surface area contributed by atoms with Crippen LogP contribution in [0.25, 0.3) is 10.8 Å². The van der Waals surface area contributed by atoms with Gasteiger partial charge in [0.15, 0.2) is 6.29 Å². The predicted octanol–water partition coefficient (Wildman–Crippen LogP) is 6.92. The number of hydrogen-bond donors (Lipinski definition) is 0. The Morgan fingerprint density at radius 1 is 0.962 bits per heavy atom. The van der Waals surface area contributed by atoms with Crippen molar-refractivity contribution < 1.29 is 9.47 Å². The fraction of sp³-hybridized carbons (Fsp3) is 0.583. The van der Waals surface area contributed by atoms with Crippen LogP contribution in [0.15, 0.2) is 36.4 Å². The number of ether oxygens (including phenoxy) is 2. The van der Waals surface area contributed by atoms with Gasteiger partial charge in [-0.3, -0.25) is 0 Å². The lowest BCUT2D eigenvalue weighted by atomic mass is 9.83. The molecule has 1 fully saturated rings. The van der Waals surface area contributed by atoms with Crippen LogP contribution in [0.4, 0.5) is 0 Å². The zero-order valence-corrected chi connectivity index (χ0v) is 16.8. The highest BCUT2D eigenvalue weighted by atomic mass is 16.7. The maximum absolute atomic E-state index is 6.19. The maximum Gasteiger partial charge on any atom is 0.197 e. The first-order chi connectivity index (χ1) is 12.6. The van der Waals surface area contributed by atoms with Crippen molar-refractivity contribution in [2.45, 2.75) is 72.0 Å². The zero-order chi connectivity index (χ0) is 18.5. The smallest absolute Gasteiger partial charge is 0.197 e. The first-order valence-electron chi connectivity index (χ1n) is 10.4. The summed E-state index contributed by atoms with van der Waals surface area (Å²) in [6.45, 7) is 9.72. The van der Waals surface area contributed by atoms with Gasteiger partial charge in [0.1, 0.15) is 5.75 Å². The molecular formula is C24H34O2. The van der Waals surface area contributed by atoms with E-state index in [4.69, 9.17) is 9.47 Å². The third kappa shape index (κ3) is 4.59. The molecule has 2 nitrogen and oxygen atoms in total. The third-order valence-electron chi connectivity index (χ3n) is 6.05. The molecule has 26 heavy (non-hydrogen) atoms. The summed E-state index contributed by atoms with van der Waals surface area (Å²) < 4.78 is 12.2. The minimum atomic E-state index is -0.216. The van der Waals surface area contributed by atoms with Crippen molar-refractivity contribution in [3.63, 3.8) is 0 Å². The minimum Gasteiger partial charge on any atom is -0.465 e. The molecule has 2 aromatic rings. The van der Waals surface area contributed by atoms with Crippen LogP contribution in [0.3, 0.4) is 0 Å². The van der Waals surface area contributed by atoms with Gasteiger partial charge in [0.05, 0.1) is 6.61 Å². The van der Waals surface area contributed by atoms with Crippen molar-refractivity contribution >= 4 is 10.8 Å². The highest BCUT2D eigenvalue weighted by Crippen LogP contribution is 2.33. The maximum atomic E-state index is 6.19. The van der Waals surface area contributed by atoms with Gasteiger partial charge < -0.3 is 9.47 Å². The fourth-order valence-corrected chi connectivity index (χ4v) is 4.04. The van der Waals surface area contributed by atoms with E-state index < -0.39 is 0 Å². The summed E-state index contributed by atoms with van der Waals surface area (Å²) in [6, 6.07) is 12.9. The highest BCUT2D eigenvalue weighted by molar-refractivity contribution is 5.91. The van der Waals surface area contributed by atoms with Crippen LogP contribution < -0.4 is 4.74 Å². The molecule has 0 aromatic heterocycles. The molecule has 1 saturated carbocycles. The Labute approximate surface area is 158 Å². The number of rotatable bonds is 7. The van der Waals surface area contributed by atoms with E-state index in [2.05, 4.69) is 57.2 Å². The van der Waals surface area contributed by atoms with Crippen molar-refractivity contribution in [1.82, 2.24) is 0 Å². The van der Waals surface area contributed by atoms with Crippen LogP contribution in [0.1, 0.15) is 71.3 Å². The lowest BCUT2D eigenvalue weighted by molar-refractivity contribution is -0.0823. The van der Waals surface area contributed by atoms with Gasteiger partial charge in [0, 0.05) is 5.39 Å². The molecule has 0 aliphatic heterocycles. The molecule has 0 spiro atoms. The average Bonchev–Trinajstić information content (AvgIpc) is 2.67. The normalized spacial score (nSPS) is 22.9. The van der Waals surface area contributed by atoms with E-state index in [0.717, 1.165) is 24.7 Å². The van der Waals surface area contributed by atoms with Crippen molar-refractivity contribution in [2.75, 3.05) is 6.61 Å². The second-order valence-corrected chi connectivity index (χ2v) is 8.15.